The van der Waals surface area contributed by atoms with E-state index in [9.17, 15) is 0 Å². The number of hydrogen-bond acceptors (Lipinski definition) is 5. The summed E-state index contributed by atoms with van der Waals surface area (Å²) in [7, 11) is 2.16. The van der Waals surface area contributed by atoms with Crippen molar-refractivity contribution >= 4 is 11.6 Å². The van der Waals surface area contributed by atoms with E-state index in [4.69, 9.17) is 5.73 Å². The molecule has 5 heteroatoms. The van der Waals surface area contributed by atoms with Crippen LogP contribution in [0.25, 0.3) is 0 Å². The summed E-state index contributed by atoms with van der Waals surface area (Å²) in [6.45, 7) is 5.25. The Bertz CT molecular complexity index is 365. The van der Waals surface area contributed by atoms with Crippen LogP contribution in [0.1, 0.15) is 12.0 Å². The van der Waals surface area contributed by atoms with E-state index in [2.05, 4.69) is 27.2 Å². The van der Waals surface area contributed by atoms with Gasteiger partial charge in [0.25, 0.3) is 0 Å². The molecule has 16 heavy (non-hydrogen) atoms. The first-order chi connectivity index (χ1) is 7.66. The average Bonchev–Trinajstić information content (AvgIpc) is 2.67. The fourth-order valence-corrected chi connectivity index (χ4v) is 2.08. The molecule has 0 aromatic carbocycles. The fourth-order valence-electron chi connectivity index (χ4n) is 2.08. The number of aromatic nitrogens is 2. The van der Waals surface area contributed by atoms with Crippen molar-refractivity contribution in [2.24, 2.45) is 5.92 Å². The van der Waals surface area contributed by atoms with Gasteiger partial charge in [0.1, 0.15) is 18.0 Å². The van der Waals surface area contributed by atoms with E-state index in [0.29, 0.717) is 11.7 Å². The summed E-state index contributed by atoms with van der Waals surface area (Å²) < 4.78 is 0. The zero-order chi connectivity index (χ0) is 11.5. The molecule has 1 aliphatic heterocycles. The second kappa shape index (κ2) is 4.65. The number of rotatable bonds is 3. The van der Waals surface area contributed by atoms with Gasteiger partial charge in [0.2, 0.25) is 0 Å². The van der Waals surface area contributed by atoms with Crippen molar-refractivity contribution in [3.05, 3.63) is 11.9 Å². The largest absolute Gasteiger partial charge is 0.383 e. The summed E-state index contributed by atoms with van der Waals surface area (Å²) >= 11 is 0. The van der Waals surface area contributed by atoms with Crippen LogP contribution < -0.4 is 11.1 Å². The van der Waals surface area contributed by atoms with Crippen LogP contribution in [-0.2, 0) is 0 Å². The maximum absolute atomic E-state index is 5.73. The van der Waals surface area contributed by atoms with Gasteiger partial charge < -0.3 is 16.0 Å². The molecule has 1 aromatic rings. The number of nitrogens with zero attached hydrogens (tertiary/aromatic N) is 3. The quantitative estimate of drug-likeness (QED) is 0.787. The summed E-state index contributed by atoms with van der Waals surface area (Å²) in [5, 5.41) is 3.36. The molecule has 1 aromatic heterocycles. The van der Waals surface area contributed by atoms with E-state index >= 15 is 0 Å². The van der Waals surface area contributed by atoms with E-state index in [1.807, 2.05) is 6.92 Å². The lowest BCUT2D eigenvalue weighted by molar-refractivity contribution is 0.399. The van der Waals surface area contributed by atoms with Crippen molar-refractivity contribution in [2.45, 2.75) is 13.3 Å². The van der Waals surface area contributed by atoms with Crippen LogP contribution >= 0.6 is 0 Å². The monoisotopic (exact) mass is 221 g/mol. The third-order valence-electron chi connectivity index (χ3n) is 3.17. The highest BCUT2D eigenvalue weighted by Gasteiger charge is 2.19. The number of nitrogens with two attached hydrogens (primary N) is 1. The smallest absolute Gasteiger partial charge is 0.134 e. The second-order valence-electron chi connectivity index (χ2n) is 4.53. The Morgan fingerprint density at radius 3 is 3.06 bits per heavy atom. The van der Waals surface area contributed by atoms with Crippen molar-refractivity contribution < 1.29 is 0 Å². The molecule has 1 atom stereocenters. The topological polar surface area (TPSA) is 67.1 Å². The van der Waals surface area contributed by atoms with E-state index in [0.717, 1.165) is 24.5 Å². The van der Waals surface area contributed by atoms with Crippen LogP contribution in [0.2, 0.25) is 0 Å². The zero-order valence-corrected chi connectivity index (χ0v) is 9.90. The molecule has 2 rings (SSSR count). The van der Waals surface area contributed by atoms with Crippen LogP contribution in [0.4, 0.5) is 11.6 Å². The molecule has 88 valence electrons. The molecule has 1 aliphatic rings. The molecule has 1 saturated heterocycles. The number of nitrogens with one attached hydrogen (secondary N) is 1. The molecule has 0 amide bonds. The molecule has 0 radical (unpaired) electrons. The highest BCUT2D eigenvalue weighted by molar-refractivity contribution is 5.53. The van der Waals surface area contributed by atoms with Crippen LogP contribution in [0, 0.1) is 12.8 Å². The van der Waals surface area contributed by atoms with E-state index < -0.39 is 0 Å². The molecule has 0 bridgehead atoms. The van der Waals surface area contributed by atoms with E-state index in [1.54, 1.807) is 0 Å². The minimum atomic E-state index is 0.557. The molecule has 1 fully saturated rings. The van der Waals surface area contributed by atoms with Crippen LogP contribution in [0.3, 0.4) is 0 Å². The van der Waals surface area contributed by atoms with Crippen molar-refractivity contribution in [3.63, 3.8) is 0 Å². The Hall–Kier alpha value is -1.36. The summed E-state index contributed by atoms with van der Waals surface area (Å²) in [6.07, 6.45) is 2.76. The third-order valence-corrected chi connectivity index (χ3v) is 3.17. The van der Waals surface area contributed by atoms with Gasteiger partial charge >= 0.3 is 0 Å². The summed E-state index contributed by atoms with van der Waals surface area (Å²) in [6, 6.07) is 0. The number of nitrogen functional groups attached to an aromatic ring is 1. The molecule has 1 unspecified atom stereocenters. The average molecular weight is 221 g/mol. The van der Waals surface area contributed by atoms with Gasteiger partial charge in [0.15, 0.2) is 0 Å². The Balaban J connectivity index is 1.92. The maximum atomic E-state index is 5.73. The van der Waals surface area contributed by atoms with Gasteiger partial charge in [-0.1, -0.05) is 0 Å². The number of anilines is 2. The van der Waals surface area contributed by atoms with Gasteiger partial charge in [0, 0.05) is 18.7 Å². The standard InChI is InChI=1S/C11H19N5/c1-8-10(12)14-7-15-11(8)13-5-9-3-4-16(2)6-9/h7,9H,3-6H2,1-2H3,(H3,12,13,14,15). The van der Waals surface area contributed by atoms with Gasteiger partial charge in [-0.3, -0.25) is 0 Å². The molecule has 5 nitrogen and oxygen atoms in total. The Morgan fingerprint density at radius 2 is 2.38 bits per heavy atom. The summed E-state index contributed by atoms with van der Waals surface area (Å²) in [4.78, 5) is 10.5. The fraction of sp³-hybridized carbons (Fsp3) is 0.636. The maximum Gasteiger partial charge on any atom is 0.134 e. The second-order valence-corrected chi connectivity index (χ2v) is 4.53. The van der Waals surface area contributed by atoms with Gasteiger partial charge in [-0.2, -0.15) is 0 Å². The first kappa shape index (κ1) is 11.1. The normalized spacial score (nSPS) is 21.2. The minimum absolute atomic E-state index is 0.557. The molecule has 3 N–H and O–H groups in total. The summed E-state index contributed by atoms with van der Waals surface area (Å²) in [5.41, 5.74) is 6.67. The van der Waals surface area contributed by atoms with Gasteiger partial charge in [-0.15, -0.1) is 0 Å². The predicted octanol–water partition coefficient (Wildman–Crippen LogP) is 0.731. The van der Waals surface area contributed by atoms with Crippen LogP contribution in [0.5, 0.6) is 0 Å². The summed E-state index contributed by atoms with van der Waals surface area (Å²) in [5.74, 6) is 2.13. The zero-order valence-electron chi connectivity index (χ0n) is 9.90. The number of hydrogen-bond donors (Lipinski definition) is 2. The third kappa shape index (κ3) is 2.41. The van der Waals surface area contributed by atoms with Crippen molar-refractivity contribution in [2.75, 3.05) is 37.7 Å². The highest BCUT2D eigenvalue weighted by Crippen LogP contribution is 2.18. The van der Waals surface area contributed by atoms with Crippen molar-refractivity contribution in [1.29, 1.82) is 0 Å². The first-order valence-electron chi connectivity index (χ1n) is 5.66. The van der Waals surface area contributed by atoms with Gasteiger partial charge in [0.05, 0.1) is 0 Å². The lowest BCUT2D eigenvalue weighted by Gasteiger charge is -2.13. The molecule has 0 aliphatic carbocycles. The van der Waals surface area contributed by atoms with E-state index in [1.165, 1.54) is 19.3 Å². The van der Waals surface area contributed by atoms with Gasteiger partial charge in [-0.25, -0.2) is 9.97 Å². The Labute approximate surface area is 96.1 Å². The molecule has 0 spiro atoms. The molecular weight excluding hydrogens is 202 g/mol. The Kier molecular flexibility index (Phi) is 3.24. The minimum Gasteiger partial charge on any atom is -0.383 e. The van der Waals surface area contributed by atoms with Crippen LogP contribution in [0.15, 0.2) is 6.33 Å². The lowest BCUT2D eigenvalue weighted by atomic mass is 10.1. The van der Waals surface area contributed by atoms with Crippen molar-refractivity contribution in [1.82, 2.24) is 14.9 Å². The molecule has 0 saturated carbocycles. The predicted molar refractivity (Wildman–Crippen MR) is 65.3 cm³/mol. The number of likely N-dealkylation sites (tertiary alicyclic amines) is 1. The SMILES string of the molecule is Cc1c(N)ncnc1NCC1CCN(C)C1. The van der Waals surface area contributed by atoms with Crippen LogP contribution in [-0.4, -0.2) is 41.5 Å². The lowest BCUT2D eigenvalue weighted by Crippen LogP contribution is -2.20. The van der Waals surface area contributed by atoms with Gasteiger partial charge in [-0.05, 0) is 32.9 Å². The highest BCUT2D eigenvalue weighted by atomic mass is 15.1. The van der Waals surface area contributed by atoms with E-state index in [-0.39, 0.29) is 0 Å². The Morgan fingerprint density at radius 1 is 1.56 bits per heavy atom. The molecule has 2 heterocycles. The molecular formula is C11H19N5. The first-order valence-corrected chi connectivity index (χ1v) is 5.66. The van der Waals surface area contributed by atoms with Crippen molar-refractivity contribution in [3.8, 4) is 0 Å².